The minimum absolute atomic E-state index is 0.202. The minimum Gasteiger partial charge on any atom is -0.391 e. The number of β-amino-alcohol motifs (C(OH)–C–C–N with tert-alkyl or cyclic N) is 1. The lowest BCUT2D eigenvalue weighted by Crippen LogP contribution is -2.30. The maximum atomic E-state index is 13.1. The van der Waals surface area contributed by atoms with Crippen molar-refractivity contribution in [2.75, 3.05) is 18.0 Å². The predicted molar refractivity (Wildman–Crippen MR) is 58.6 cm³/mol. The average Bonchev–Trinajstić information content (AvgIpc) is 2.61. The van der Waals surface area contributed by atoms with Crippen molar-refractivity contribution < 1.29 is 9.50 Å². The van der Waals surface area contributed by atoms with E-state index in [1.807, 2.05) is 13.0 Å². The van der Waals surface area contributed by atoms with Crippen molar-refractivity contribution in [3.63, 3.8) is 0 Å². The van der Waals surface area contributed by atoms with E-state index in [1.54, 1.807) is 6.07 Å². The first-order chi connectivity index (χ1) is 7.20. The van der Waals surface area contributed by atoms with E-state index >= 15 is 0 Å². The number of benzene rings is 1. The second kappa shape index (κ2) is 4.19. The van der Waals surface area contributed by atoms with Crippen LogP contribution >= 0.6 is 0 Å². The van der Waals surface area contributed by atoms with Crippen molar-refractivity contribution in [1.82, 2.24) is 0 Å². The van der Waals surface area contributed by atoms with Gasteiger partial charge in [-0.25, -0.2) is 4.39 Å². The van der Waals surface area contributed by atoms with Crippen molar-refractivity contribution >= 4 is 5.69 Å². The minimum atomic E-state index is -0.320. The van der Waals surface area contributed by atoms with Crippen LogP contribution in [0.5, 0.6) is 0 Å². The molecule has 0 fully saturated rings. The second-order valence-electron chi connectivity index (χ2n) is 4.03. The lowest BCUT2D eigenvalue weighted by atomic mass is 10.1. The number of rotatable bonds is 3. The van der Waals surface area contributed by atoms with Crippen molar-refractivity contribution in [3.8, 4) is 0 Å². The van der Waals surface area contributed by atoms with E-state index in [4.69, 9.17) is 0 Å². The number of halogens is 1. The Hall–Kier alpha value is -1.09. The molecule has 3 heteroatoms. The molecule has 1 aliphatic rings. The average molecular weight is 209 g/mol. The van der Waals surface area contributed by atoms with Crippen LogP contribution < -0.4 is 4.90 Å². The summed E-state index contributed by atoms with van der Waals surface area (Å²) < 4.78 is 13.1. The zero-order valence-corrected chi connectivity index (χ0v) is 8.91. The van der Waals surface area contributed by atoms with Gasteiger partial charge in [-0.15, -0.1) is 0 Å². The van der Waals surface area contributed by atoms with Gasteiger partial charge < -0.3 is 10.0 Å². The van der Waals surface area contributed by atoms with Crippen LogP contribution in [-0.4, -0.2) is 24.3 Å². The summed E-state index contributed by atoms with van der Waals surface area (Å²) in [6.07, 6.45) is 1.37. The highest BCUT2D eigenvalue weighted by molar-refractivity contribution is 5.58. The fourth-order valence-corrected chi connectivity index (χ4v) is 1.99. The van der Waals surface area contributed by atoms with Gasteiger partial charge in [-0.1, -0.05) is 13.0 Å². The summed E-state index contributed by atoms with van der Waals surface area (Å²) >= 11 is 0. The van der Waals surface area contributed by atoms with Gasteiger partial charge in [0.05, 0.1) is 6.10 Å². The Balaban J connectivity index is 2.16. The first-order valence-corrected chi connectivity index (χ1v) is 5.42. The highest BCUT2D eigenvalue weighted by Crippen LogP contribution is 2.28. The van der Waals surface area contributed by atoms with Crippen molar-refractivity contribution in [1.29, 1.82) is 0 Å². The SMILES string of the molecule is CCC(O)CN1CCc2ccc(F)cc21. The standard InChI is InChI=1S/C12H16FNO/c1-2-11(15)8-14-6-5-9-3-4-10(13)7-12(9)14/h3-4,7,11,15H,2,5-6,8H2,1H3. The molecule has 2 rings (SSSR count). The second-order valence-corrected chi connectivity index (χ2v) is 4.03. The number of anilines is 1. The van der Waals surface area contributed by atoms with Crippen LogP contribution in [-0.2, 0) is 6.42 Å². The number of hydrogen-bond donors (Lipinski definition) is 1. The third-order valence-corrected chi connectivity index (χ3v) is 2.94. The van der Waals surface area contributed by atoms with Gasteiger partial charge in [0, 0.05) is 18.8 Å². The molecule has 15 heavy (non-hydrogen) atoms. The summed E-state index contributed by atoms with van der Waals surface area (Å²) in [5.74, 6) is -0.202. The van der Waals surface area contributed by atoms with E-state index in [9.17, 15) is 9.50 Å². The molecular weight excluding hydrogens is 193 g/mol. The molecular formula is C12H16FNO. The molecule has 1 aromatic rings. The number of nitrogens with zero attached hydrogens (tertiary/aromatic N) is 1. The van der Waals surface area contributed by atoms with Crippen molar-refractivity contribution in [2.45, 2.75) is 25.9 Å². The van der Waals surface area contributed by atoms with E-state index in [-0.39, 0.29) is 11.9 Å². The maximum absolute atomic E-state index is 13.1. The van der Waals surface area contributed by atoms with E-state index in [1.165, 1.54) is 11.6 Å². The Morgan fingerprint density at radius 3 is 3.07 bits per heavy atom. The quantitative estimate of drug-likeness (QED) is 0.822. The summed E-state index contributed by atoms with van der Waals surface area (Å²) in [7, 11) is 0. The molecule has 82 valence electrons. The monoisotopic (exact) mass is 209 g/mol. The Kier molecular flexibility index (Phi) is 2.91. The van der Waals surface area contributed by atoms with Gasteiger partial charge in [0.2, 0.25) is 0 Å². The lowest BCUT2D eigenvalue weighted by molar-refractivity contribution is 0.176. The summed E-state index contributed by atoms with van der Waals surface area (Å²) in [4.78, 5) is 2.06. The largest absolute Gasteiger partial charge is 0.391 e. The van der Waals surface area contributed by atoms with E-state index in [2.05, 4.69) is 4.90 Å². The molecule has 0 radical (unpaired) electrons. The van der Waals surface area contributed by atoms with Crippen LogP contribution in [0, 0.1) is 5.82 Å². The molecule has 0 saturated heterocycles. The number of aliphatic hydroxyl groups excluding tert-OH is 1. The number of fused-ring (bicyclic) bond motifs is 1. The normalized spacial score (nSPS) is 16.6. The molecule has 0 saturated carbocycles. The Bertz CT molecular complexity index is 353. The fraction of sp³-hybridized carbons (Fsp3) is 0.500. The summed E-state index contributed by atoms with van der Waals surface area (Å²) in [5.41, 5.74) is 2.13. The molecule has 0 spiro atoms. The molecule has 1 aromatic carbocycles. The summed E-state index contributed by atoms with van der Waals surface area (Å²) in [6.45, 7) is 3.44. The number of aliphatic hydroxyl groups is 1. The zero-order valence-electron chi connectivity index (χ0n) is 8.91. The lowest BCUT2D eigenvalue weighted by Gasteiger charge is -2.22. The highest BCUT2D eigenvalue weighted by atomic mass is 19.1. The molecule has 1 N–H and O–H groups in total. The van der Waals surface area contributed by atoms with Gasteiger partial charge in [-0.2, -0.15) is 0 Å². The van der Waals surface area contributed by atoms with Gasteiger partial charge in [-0.3, -0.25) is 0 Å². The third-order valence-electron chi connectivity index (χ3n) is 2.94. The van der Waals surface area contributed by atoms with Gasteiger partial charge in [0.1, 0.15) is 5.82 Å². The van der Waals surface area contributed by atoms with Crippen molar-refractivity contribution in [2.24, 2.45) is 0 Å². The van der Waals surface area contributed by atoms with Gasteiger partial charge >= 0.3 is 0 Å². The molecule has 1 unspecified atom stereocenters. The smallest absolute Gasteiger partial charge is 0.125 e. The Morgan fingerprint density at radius 1 is 1.53 bits per heavy atom. The third kappa shape index (κ3) is 2.12. The molecule has 0 amide bonds. The fourth-order valence-electron chi connectivity index (χ4n) is 1.99. The Labute approximate surface area is 89.3 Å². The molecule has 1 aliphatic heterocycles. The summed E-state index contributed by atoms with van der Waals surface area (Å²) in [6, 6.07) is 4.90. The van der Waals surface area contributed by atoms with Gasteiger partial charge in [-0.05, 0) is 30.5 Å². The topological polar surface area (TPSA) is 23.5 Å². The Morgan fingerprint density at radius 2 is 2.33 bits per heavy atom. The van der Waals surface area contributed by atoms with Crippen LogP contribution in [0.2, 0.25) is 0 Å². The van der Waals surface area contributed by atoms with Crippen LogP contribution in [0.4, 0.5) is 10.1 Å². The molecule has 1 atom stereocenters. The molecule has 0 bridgehead atoms. The summed E-state index contributed by atoms with van der Waals surface area (Å²) in [5, 5.41) is 9.58. The van der Waals surface area contributed by atoms with Gasteiger partial charge in [0.15, 0.2) is 0 Å². The first kappa shape index (κ1) is 10.4. The maximum Gasteiger partial charge on any atom is 0.125 e. The van der Waals surface area contributed by atoms with Gasteiger partial charge in [0.25, 0.3) is 0 Å². The van der Waals surface area contributed by atoms with Crippen LogP contribution in [0.25, 0.3) is 0 Å². The van der Waals surface area contributed by atoms with Crippen LogP contribution in [0.1, 0.15) is 18.9 Å². The predicted octanol–water partition coefficient (Wildman–Crippen LogP) is 1.96. The molecule has 0 aliphatic carbocycles. The van der Waals surface area contributed by atoms with E-state index in [0.717, 1.165) is 25.1 Å². The highest BCUT2D eigenvalue weighted by Gasteiger charge is 2.20. The van der Waals surface area contributed by atoms with Crippen LogP contribution in [0.3, 0.4) is 0 Å². The molecule has 1 heterocycles. The van der Waals surface area contributed by atoms with Crippen LogP contribution in [0.15, 0.2) is 18.2 Å². The zero-order chi connectivity index (χ0) is 10.8. The first-order valence-electron chi connectivity index (χ1n) is 5.42. The van der Waals surface area contributed by atoms with E-state index < -0.39 is 0 Å². The molecule has 0 aromatic heterocycles. The van der Waals surface area contributed by atoms with E-state index in [0.29, 0.717) is 6.54 Å². The number of hydrogen-bond acceptors (Lipinski definition) is 2. The molecule has 2 nitrogen and oxygen atoms in total. The van der Waals surface area contributed by atoms with Crippen molar-refractivity contribution in [3.05, 3.63) is 29.6 Å².